The van der Waals surface area contributed by atoms with Gasteiger partial charge in [0.15, 0.2) is 12.4 Å². The van der Waals surface area contributed by atoms with Crippen LogP contribution in [0.5, 0.6) is 5.75 Å². The Morgan fingerprint density at radius 2 is 1.88 bits per heavy atom. The fourth-order valence-corrected chi connectivity index (χ4v) is 2.87. The summed E-state index contributed by atoms with van der Waals surface area (Å²) in [5.41, 5.74) is 7.69. The zero-order valence-electron chi connectivity index (χ0n) is 14.8. The Kier molecular flexibility index (Phi) is 4.62. The molecule has 3 rings (SSSR count). The van der Waals surface area contributed by atoms with Crippen molar-refractivity contribution in [2.75, 3.05) is 6.61 Å². The van der Waals surface area contributed by atoms with Gasteiger partial charge >= 0.3 is 0 Å². The third-order valence-corrected chi connectivity index (χ3v) is 4.09. The van der Waals surface area contributed by atoms with Gasteiger partial charge in [-0.05, 0) is 39.0 Å². The van der Waals surface area contributed by atoms with Crippen LogP contribution < -0.4 is 10.5 Å². The summed E-state index contributed by atoms with van der Waals surface area (Å²) in [6, 6.07) is 10.1. The molecule has 0 aliphatic heterocycles. The third kappa shape index (κ3) is 3.23. The number of para-hydroxylation sites is 1. The minimum absolute atomic E-state index is 0.202. The van der Waals surface area contributed by atoms with Crippen LogP contribution in [0.1, 0.15) is 37.9 Å². The van der Waals surface area contributed by atoms with Crippen molar-refractivity contribution in [2.45, 2.75) is 20.8 Å². The molecule has 0 radical (unpaired) electrons. The molecule has 0 unspecified atom stereocenters. The first-order chi connectivity index (χ1) is 12.4. The summed E-state index contributed by atoms with van der Waals surface area (Å²) in [6.07, 6.45) is 0. The van der Waals surface area contributed by atoms with Crippen molar-refractivity contribution in [3.05, 3.63) is 64.7 Å². The van der Waals surface area contributed by atoms with E-state index in [0.717, 1.165) is 11.4 Å². The van der Waals surface area contributed by atoms with Crippen LogP contribution in [-0.2, 0) is 0 Å². The van der Waals surface area contributed by atoms with Gasteiger partial charge in [0.2, 0.25) is 5.78 Å². The molecule has 0 aliphatic carbocycles. The zero-order valence-corrected chi connectivity index (χ0v) is 14.8. The highest BCUT2D eigenvalue weighted by Gasteiger charge is 2.19. The van der Waals surface area contributed by atoms with Crippen LogP contribution in [-0.4, -0.2) is 28.0 Å². The number of hydrogen-bond donors (Lipinski definition) is 1. The van der Waals surface area contributed by atoms with Crippen molar-refractivity contribution in [2.24, 2.45) is 5.73 Å². The van der Waals surface area contributed by atoms with Gasteiger partial charge in [-0.3, -0.25) is 14.2 Å². The number of nitrogens with zero attached hydrogens (tertiary/aromatic N) is 2. The van der Waals surface area contributed by atoms with Crippen molar-refractivity contribution in [3.63, 3.8) is 0 Å². The number of nitrogens with two attached hydrogens (primary N) is 1. The second-order valence-corrected chi connectivity index (χ2v) is 5.99. The highest BCUT2D eigenvalue weighted by atomic mass is 16.5. The number of ether oxygens (including phenoxy) is 1. The van der Waals surface area contributed by atoms with Crippen LogP contribution in [0.3, 0.4) is 0 Å². The molecule has 3 aromatic rings. The Morgan fingerprint density at radius 3 is 2.54 bits per heavy atom. The number of amides is 1. The van der Waals surface area contributed by atoms with Gasteiger partial charge in [0, 0.05) is 23.0 Å². The average molecular weight is 353 g/mol. The summed E-state index contributed by atoms with van der Waals surface area (Å²) in [5, 5.41) is 4.00. The fraction of sp³-hybridized carbons (Fsp3) is 0.211. The largest absolute Gasteiger partial charge is 0.485 e. The Bertz CT molecular complexity index is 985. The van der Waals surface area contributed by atoms with Gasteiger partial charge in [0.05, 0.1) is 5.56 Å². The van der Waals surface area contributed by atoms with E-state index in [1.165, 1.54) is 0 Å². The Morgan fingerprint density at radius 1 is 1.15 bits per heavy atom. The minimum atomic E-state index is -0.604. The van der Waals surface area contributed by atoms with Gasteiger partial charge in [-0.25, -0.2) is 0 Å². The number of rotatable bonds is 6. The van der Waals surface area contributed by atoms with Gasteiger partial charge in [-0.15, -0.1) is 0 Å². The maximum absolute atomic E-state index is 12.6. The lowest BCUT2D eigenvalue weighted by Gasteiger charge is -2.09. The van der Waals surface area contributed by atoms with Crippen molar-refractivity contribution in [1.29, 1.82) is 0 Å². The maximum atomic E-state index is 12.6. The SMILES string of the molecule is Cc1cc(-n2c(C)cc(C(=O)COc3ccccc3C(N)=O)c2C)no1. The van der Waals surface area contributed by atoms with Crippen LogP contribution in [0, 0.1) is 20.8 Å². The van der Waals surface area contributed by atoms with Gasteiger partial charge in [0.25, 0.3) is 5.91 Å². The zero-order chi connectivity index (χ0) is 18.8. The number of aromatic nitrogens is 2. The van der Waals surface area contributed by atoms with E-state index < -0.39 is 5.91 Å². The molecule has 26 heavy (non-hydrogen) atoms. The predicted octanol–water partition coefficient (Wildman–Crippen LogP) is 2.75. The monoisotopic (exact) mass is 353 g/mol. The van der Waals surface area contributed by atoms with Crippen molar-refractivity contribution < 1.29 is 18.8 Å². The van der Waals surface area contributed by atoms with Gasteiger partial charge in [-0.1, -0.05) is 17.3 Å². The summed E-state index contributed by atoms with van der Waals surface area (Å²) >= 11 is 0. The molecule has 134 valence electrons. The number of benzene rings is 1. The number of hydrogen-bond acceptors (Lipinski definition) is 5. The molecular formula is C19H19N3O4. The van der Waals surface area contributed by atoms with Crippen LogP contribution >= 0.6 is 0 Å². The predicted molar refractivity (Wildman–Crippen MR) is 94.8 cm³/mol. The Hall–Kier alpha value is -3.35. The lowest BCUT2D eigenvalue weighted by atomic mass is 10.1. The van der Waals surface area contributed by atoms with E-state index in [9.17, 15) is 9.59 Å². The molecule has 0 spiro atoms. The molecule has 0 atom stereocenters. The van der Waals surface area contributed by atoms with Crippen LogP contribution in [0.4, 0.5) is 0 Å². The lowest BCUT2D eigenvalue weighted by Crippen LogP contribution is -2.17. The first-order valence-electron chi connectivity index (χ1n) is 8.06. The average Bonchev–Trinajstić information content (AvgIpc) is 3.15. The molecule has 7 heteroatoms. The van der Waals surface area contributed by atoms with E-state index in [1.54, 1.807) is 43.3 Å². The number of primary amides is 1. The molecule has 1 amide bonds. The maximum Gasteiger partial charge on any atom is 0.252 e. The number of carbonyl (C=O) groups is 2. The smallest absolute Gasteiger partial charge is 0.252 e. The summed E-state index contributed by atoms with van der Waals surface area (Å²) in [4.78, 5) is 24.1. The summed E-state index contributed by atoms with van der Waals surface area (Å²) < 4.78 is 12.5. The first kappa shape index (κ1) is 17.5. The second kappa shape index (κ2) is 6.87. The molecule has 0 bridgehead atoms. The van der Waals surface area contributed by atoms with Crippen LogP contribution in [0.15, 0.2) is 40.9 Å². The van der Waals surface area contributed by atoms with Crippen molar-refractivity contribution in [1.82, 2.24) is 9.72 Å². The van der Waals surface area contributed by atoms with Crippen LogP contribution in [0.25, 0.3) is 5.82 Å². The fourth-order valence-electron chi connectivity index (χ4n) is 2.87. The standard InChI is InChI=1S/C19H19N3O4/c1-11-8-15(13(3)22(11)18-9-12(2)26-21-18)16(23)10-25-17-7-5-4-6-14(17)19(20)24/h4-9H,10H2,1-3H3,(H2,20,24). The highest BCUT2D eigenvalue weighted by molar-refractivity contribution is 5.99. The van der Waals surface area contributed by atoms with Crippen molar-refractivity contribution in [3.8, 4) is 11.6 Å². The van der Waals surface area contributed by atoms with Crippen LogP contribution in [0.2, 0.25) is 0 Å². The number of carbonyl (C=O) groups excluding carboxylic acids is 2. The Labute approximate surface area is 150 Å². The molecule has 7 nitrogen and oxygen atoms in total. The summed E-state index contributed by atoms with van der Waals surface area (Å²) in [5.74, 6) is 0.786. The molecule has 1 aromatic carbocycles. The Balaban J connectivity index is 1.83. The molecule has 0 saturated heterocycles. The van der Waals surface area contributed by atoms with Crippen molar-refractivity contribution >= 4 is 11.7 Å². The van der Waals surface area contributed by atoms with E-state index in [4.69, 9.17) is 15.0 Å². The molecule has 0 aliphatic rings. The summed E-state index contributed by atoms with van der Waals surface area (Å²) in [7, 11) is 0. The van der Waals surface area contributed by atoms with Gasteiger partial charge in [-0.2, -0.15) is 0 Å². The minimum Gasteiger partial charge on any atom is -0.485 e. The number of ketones is 1. The quantitative estimate of drug-likeness (QED) is 0.687. The number of Topliss-reactive ketones (excluding diaryl/α,β-unsaturated/α-hetero) is 1. The molecule has 2 heterocycles. The van der Waals surface area contributed by atoms with Gasteiger partial charge in [0.1, 0.15) is 11.5 Å². The lowest BCUT2D eigenvalue weighted by molar-refractivity contribution is 0.0911. The van der Waals surface area contributed by atoms with E-state index in [1.807, 2.05) is 18.4 Å². The third-order valence-electron chi connectivity index (χ3n) is 4.09. The van der Waals surface area contributed by atoms with Gasteiger partial charge < -0.3 is 15.0 Å². The summed E-state index contributed by atoms with van der Waals surface area (Å²) in [6.45, 7) is 5.33. The molecule has 2 N–H and O–H groups in total. The van der Waals surface area contributed by atoms with E-state index in [0.29, 0.717) is 17.1 Å². The molecular weight excluding hydrogens is 334 g/mol. The topological polar surface area (TPSA) is 100 Å². The highest BCUT2D eigenvalue weighted by Crippen LogP contribution is 2.22. The molecule has 0 saturated carbocycles. The van der Waals surface area contributed by atoms with E-state index in [2.05, 4.69) is 5.16 Å². The first-order valence-corrected chi connectivity index (χ1v) is 8.06. The molecule has 2 aromatic heterocycles. The number of aryl methyl sites for hydroxylation is 2. The van der Waals surface area contributed by atoms with E-state index >= 15 is 0 Å². The normalized spacial score (nSPS) is 10.7. The second-order valence-electron chi connectivity index (χ2n) is 5.99. The molecule has 0 fully saturated rings. The van der Waals surface area contributed by atoms with E-state index in [-0.39, 0.29) is 23.7 Å².